The molecule has 1 fully saturated rings. The number of rotatable bonds is 3. The summed E-state index contributed by atoms with van der Waals surface area (Å²) in [6, 6.07) is 8.02. The number of nitrogens with zero attached hydrogens (tertiary/aromatic N) is 1. The maximum Gasteiger partial charge on any atom is 0.227 e. The fourth-order valence-electron chi connectivity index (χ4n) is 2.69. The van der Waals surface area contributed by atoms with Crippen molar-refractivity contribution in [3.05, 3.63) is 36.9 Å². The Bertz CT molecular complexity index is 598. The third-order valence-corrected chi connectivity index (χ3v) is 3.86. The molecule has 6 heteroatoms. The molecule has 2 N–H and O–H groups in total. The Balaban J connectivity index is 0.00000176. The van der Waals surface area contributed by atoms with Gasteiger partial charge in [0.1, 0.15) is 0 Å². The van der Waals surface area contributed by atoms with Gasteiger partial charge >= 0.3 is 0 Å². The number of piperidine rings is 1. The molecule has 0 unspecified atom stereocenters. The lowest BCUT2D eigenvalue weighted by Gasteiger charge is -2.27. The zero-order valence-corrected chi connectivity index (χ0v) is 13.2. The summed E-state index contributed by atoms with van der Waals surface area (Å²) < 4.78 is 5.24. The van der Waals surface area contributed by atoms with Gasteiger partial charge in [-0.05, 0) is 50.6 Å². The highest BCUT2D eigenvalue weighted by molar-refractivity contribution is 5.92. The molecule has 2 aromatic rings. The summed E-state index contributed by atoms with van der Waals surface area (Å²) in [6.45, 7) is 3.02. The third kappa shape index (κ3) is 3.87. The number of hydrogen-bond donors (Lipinski definition) is 2. The summed E-state index contributed by atoms with van der Waals surface area (Å²) in [6.07, 6.45) is 4.86. The number of benzene rings is 1. The molecular formula is C16H20ClN3O2. The molecule has 1 saturated heterocycles. The Morgan fingerprint density at radius 1 is 1.36 bits per heavy atom. The van der Waals surface area contributed by atoms with Crippen LogP contribution in [0.2, 0.25) is 0 Å². The van der Waals surface area contributed by atoms with Crippen LogP contribution in [0.15, 0.2) is 41.3 Å². The Labute approximate surface area is 135 Å². The van der Waals surface area contributed by atoms with Gasteiger partial charge in [0.05, 0.1) is 6.20 Å². The average molecular weight is 322 g/mol. The SMILES string of the molecule is C[C@H]1C[C@@H](C(=O)Nc2ccc(-c3cnco3)cc2)CCN1.Cl. The number of hydrogen-bond acceptors (Lipinski definition) is 4. The summed E-state index contributed by atoms with van der Waals surface area (Å²) in [5.74, 6) is 0.922. The molecule has 3 rings (SSSR count). The van der Waals surface area contributed by atoms with Gasteiger partial charge in [-0.2, -0.15) is 0 Å². The standard InChI is InChI=1S/C16H19N3O2.ClH/c1-11-8-13(6-7-18-11)16(20)19-14-4-2-12(3-5-14)15-9-17-10-21-15;/h2-5,9-11,13,18H,6-8H2,1H3,(H,19,20);1H/t11-,13-;/m0./s1. The van der Waals surface area contributed by atoms with Gasteiger partial charge in [0, 0.05) is 23.2 Å². The highest BCUT2D eigenvalue weighted by Crippen LogP contribution is 2.22. The van der Waals surface area contributed by atoms with Crippen molar-refractivity contribution in [3.63, 3.8) is 0 Å². The van der Waals surface area contributed by atoms with E-state index in [4.69, 9.17) is 4.42 Å². The predicted molar refractivity (Wildman–Crippen MR) is 88.0 cm³/mol. The molecule has 1 aromatic heterocycles. The lowest BCUT2D eigenvalue weighted by molar-refractivity contribution is -0.120. The van der Waals surface area contributed by atoms with Gasteiger partial charge in [-0.1, -0.05) is 0 Å². The lowest BCUT2D eigenvalue weighted by atomic mass is 9.92. The smallest absolute Gasteiger partial charge is 0.227 e. The minimum Gasteiger partial charge on any atom is -0.444 e. The number of halogens is 1. The maximum absolute atomic E-state index is 12.3. The molecule has 22 heavy (non-hydrogen) atoms. The number of carbonyl (C=O) groups is 1. The molecular weight excluding hydrogens is 302 g/mol. The van der Waals surface area contributed by atoms with Crippen molar-refractivity contribution in [2.45, 2.75) is 25.8 Å². The van der Waals surface area contributed by atoms with Gasteiger partial charge < -0.3 is 15.1 Å². The average Bonchev–Trinajstić information content (AvgIpc) is 3.02. The molecule has 1 amide bonds. The minimum absolute atomic E-state index is 0. The van der Waals surface area contributed by atoms with E-state index in [1.165, 1.54) is 6.39 Å². The number of amides is 1. The van der Waals surface area contributed by atoms with E-state index in [0.29, 0.717) is 6.04 Å². The molecule has 0 aliphatic carbocycles. The Morgan fingerprint density at radius 2 is 2.14 bits per heavy atom. The monoisotopic (exact) mass is 321 g/mol. The van der Waals surface area contributed by atoms with E-state index in [1.807, 2.05) is 24.3 Å². The van der Waals surface area contributed by atoms with Crippen LogP contribution < -0.4 is 10.6 Å². The summed E-state index contributed by atoms with van der Waals surface area (Å²) in [4.78, 5) is 16.2. The van der Waals surface area contributed by atoms with Crippen molar-refractivity contribution in [1.82, 2.24) is 10.3 Å². The molecule has 1 aliphatic heterocycles. The first-order valence-electron chi connectivity index (χ1n) is 7.25. The van der Waals surface area contributed by atoms with Crippen molar-refractivity contribution < 1.29 is 9.21 Å². The molecule has 0 radical (unpaired) electrons. The molecule has 1 aliphatic rings. The number of aromatic nitrogens is 1. The number of anilines is 1. The zero-order chi connectivity index (χ0) is 14.7. The molecule has 0 saturated carbocycles. The van der Waals surface area contributed by atoms with E-state index in [0.717, 1.165) is 36.4 Å². The quantitative estimate of drug-likeness (QED) is 0.911. The van der Waals surface area contributed by atoms with Gasteiger partial charge in [0.2, 0.25) is 5.91 Å². The summed E-state index contributed by atoms with van der Waals surface area (Å²) >= 11 is 0. The van der Waals surface area contributed by atoms with Crippen LogP contribution in [-0.4, -0.2) is 23.5 Å². The normalized spacial score (nSPS) is 21.0. The Hall–Kier alpha value is -1.85. The van der Waals surface area contributed by atoms with Crippen LogP contribution in [0.3, 0.4) is 0 Å². The first-order valence-corrected chi connectivity index (χ1v) is 7.25. The van der Waals surface area contributed by atoms with Crippen molar-refractivity contribution in [2.75, 3.05) is 11.9 Å². The van der Waals surface area contributed by atoms with Crippen LogP contribution in [0.4, 0.5) is 5.69 Å². The van der Waals surface area contributed by atoms with E-state index in [-0.39, 0.29) is 24.2 Å². The van der Waals surface area contributed by atoms with Gasteiger partial charge in [-0.3, -0.25) is 4.79 Å². The molecule has 0 spiro atoms. The second-order valence-corrected chi connectivity index (χ2v) is 5.51. The van der Waals surface area contributed by atoms with Gasteiger partial charge in [-0.25, -0.2) is 4.98 Å². The van der Waals surface area contributed by atoms with Crippen molar-refractivity contribution >= 4 is 24.0 Å². The lowest BCUT2D eigenvalue weighted by Crippen LogP contribution is -2.40. The maximum atomic E-state index is 12.3. The third-order valence-electron chi connectivity index (χ3n) is 3.86. The minimum atomic E-state index is 0. The molecule has 0 bridgehead atoms. The van der Waals surface area contributed by atoms with E-state index in [9.17, 15) is 4.79 Å². The van der Waals surface area contributed by atoms with Gasteiger partial charge in [0.25, 0.3) is 0 Å². The topological polar surface area (TPSA) is 67.2 Å². The molecule has 118 valence electrons. The van der Waals surface area contributed by atoms with E-state index in [2.05, 4.69) is 22.5 Å². The van der Waals surface area contributed by atoms with Crippen molar-refractivity contribution in [1.29, 1.82) is 0 Å². The van der Waals surface area contributed by atoms with E-state index in [1.54, 1.807) is 6.20 Å². The summed E-state index contributed by atoms with van der Waals surface area (Å²) in [7, 11) is 0. The highest BCUT2D eigenvalue weighted by atomic mass is 35.5. The molecule has 1 aromatic carbocycles. The fraction of sp³-hybridized carbons (Fsp3) is 0.375. The number of carbonyl (C=O) groups excluding carboxylic acids is 1. The Kier molecular flexibility index (Phi) is 5.57. The van der Waals surface area contributed by atoms with Gasteiger partial charge in [0.15, 0.2) is 12.2 Å². The molecule has 2 atom stereocenters. The first-order chi connectivity index (χ1) is 10.2. The van der Waals surface area contributed by atoms with Crippen LogP contribution in [0.5, 0.6) is 0 Å². The van der Waals surface area contributed by atoms with Crippen molar-refractivity contribution in [2.24, 2.45) is 5.92 Å². The number of oxazole rings is 1. The van der Waals surface area contributed by atoms with Crippen LogP contribution in [0.1, 0.15) is 19.8 Å². The molecule has 2 heterocycles. The predicted octanol–water partition coefficient (Wildman–Crippen LogP) is 3.09. The summed E-state index contributed by atoms with van der Waals surface area (Å²) in [5, 5.41) is 6.35. The zero-order valence-electron chi connectivity index (χ0n) is 12.4. The summed E-state index contributed by atoms with van der Waals surface area (Å²) in [5.41, 5.74) is 1.76. The van der Waals surface area contributed by atoms with Crippen LogP contribution in [0, 0.1) is 5.92 Å². The van der Waals surface area contributed by atoms with Crippen LogP contribution in [-0.2, 0) is 4.79 Å². The largest absolute Gasteiger partial charge is 0.444 e. The van der Waals surface area contributed by atoms with E-state index >= 15 is 0 Å². The first kappa shape index (κ1) is 16.5. The highest BCUT2D eigenvalue weighted by Gasteiger charge is 2.24. The van der Waals surface area contributed by atoms with Crippen molar-refractivity contribution in [3.8, 4) is 11.3 Å². The molecule has 5 nitrogen and oxygen atoms in total. The van der Waals surface area contributed by atoms with Gasteiger partial charge in [-0.15, -0.1) is 12.4 Å². The second kappa shape index (κ2) is 7.42. The van der Waals surface area contributed by atoms with Crippen LogP contribution >= 0.6 is 12.4 Å². The number of nitrogens with one attached hydrogen (secondary N) is 2. The fourth-order valence-corrected chi connectivity index (χ4v) is 2.69. The Morgan fingerprint density at radius 3 is 2.77 bits per heavy atom. The second-order valence-electron chi connectivity index (χ2n) is 5.51. The van der Waals surface area contributed by atoms with Crippen LogP contribution in [0.25, 0.3) is 11.3 Å². The van der Waals surface area contributed by atoms with E-state index < -0.39 is 0 Å².